The summed E-state index contributed by atoms with van der Waals surface area (Å²) in [6, 6.07) is 14.9. The molecule has 0 fully saturated rings. The maximum absolute atomic E-state index is 13.1. The van der Waals surface area contributed by atoms with E-state index in [0.717, 1.165) is 22.1 Å². The summed E-state index contributed by atoms with van der Waals surface area (Å²) in [4.78, 5) is 23.2. The first-order chi connectivity index (χ1) is 14.1. The minimum Gasteiger partial charge on any atom is -0.322 e. The molecule has 1 N–H and O–H groups in total. The van der Waals surface area contributed by atoms with Gasteiger partial charge in [-0.15, -0.1) is 11.3 Å². The van der Waals surface area contributed by atoms with Crippen LogP contribution in [0.1, 0.15) is 15.9 Å². The zero-order valence-electron chi connectivity index (χ0n) is 15.5. The van der Waals surface area contributed by atoms with Crippen molar-refractivity contribution < 1.29 is 9.18 Å². The first kappa shape index (κ1) is 18.8. The van der Waals surface area contributed by atoms with Crippen molar-refractivity contribution in [3.05, 3.63) is 95.5 Å². The number of nitrogens with zero attached hydrogens (tertiary/aromatic N) is 3. The van der Waals surface area contributed by atoms with Crippen LogP contribution in [0.25, 0.3) is 0 Å². The Kier molecular flexibility index (Phi) is 5.31. The highest BCUT2D eigenvalue weighted by Gasteiger charge is 2.18. The summed E-state index contributed by atoms with van der Waals surface area (Å²) in [6.07, 6.45) is 5.24. The third-order valence-corrected chi connectivity index (χ3v) is 5.09. The molecule has 0 atom stereocenters. The van der Waals surface area contributed by atoms with Gasteiger partial charge in [-0.3, -0.25) is 14.7 Å². The largest absolute Gasteiger partial charge is 0.322 e. The number of nitrogens with one attached hydrogen (secondary N) is 1. The molecule has 29 heavy (non-hydrogen) atoms. The zero-order valence-corrected chi connectivity index (χ0v) is 16.4. The van der Waals surface area contributed by atoms with Crippen LogP contribution in [0.3, 0.4) is 0 Å². The lowest BCUT2D eigenvalue weighted by molar-refractivity contribution is 0.102. The molecule has 2 heterocycles. The van der Waals surface area contributed by atoms with E-state index in [1.54, 1.807) is 18.6 Å². The summed E-state index contributed by atoms with van der Waals surface area (Å²) in [5, 5.41) is 5.58. The van der Waals surface area contributed by atoms with Crippen LogP contribution in [0.5, 0.6) is 0 Å². The van der Waals surface area contributed by atoms with E-state index < -0.39 is 0 Å². The maximum Gasteiger partial charge on any atom is 0.255 e. The number of carbonyl (C=O) groups excluding carboxylic acids is 1. The molecule has 1 amide bonds. The van der Waals surface area contributed by atoms with Crippen molar-refractivity contribution in [3.63, 3.8) is 0 Å². The summed E-state index contributed by atoms with van der Waals surface area (Å²) < 4.78 is 13.1. The molecule has 0 spiro atoms. The van der Waals surface area contributed by atoms with E-state index in [1.165, 1.54) is 35.6 Å². The van der Waals surface area contributed by atoms with Crippen molar-refractivity contribution in [1.82, 2.24) is 9.97 Å². The predicted molar refractivity (Wildman–Crippen MR) is 114 cm³/mol. The highest BCUT2D eigenvalue weighted by Crippen LogP contribution is 2.38. The Balaban J connectivity index is 1.70. The Morgan fingerprint density at radius 1 is 1.10 bits per heavy atom. The summed E-state index contributed by atoms with van der Waals surface area (Å²) in [5.74, 6) is -0.684. The van der Waals surface area contributed by atoms with Crippen LogP contribution < -0.4 is 10.2 Å². The summed E-state index contributed by atoms with van der Waals surface area (Å²) >= 11 is 1.51. The van der Waals surface area contributed by atoms with E-state index >= 15 is 0 Å². The Morgan fingerprint density at radius 2 is 1.93 bits per heavy atom. The van der Waals surface area contributed by atoms with Crippen LogP contribution in [-0.4, -0.2) is 15.9 Å². The molecule has 0 radical (unpaired) electrons. The van der Waals surface area contributed by atoms with Crippen molar-refractivity contribution in [1.29, 1.82) is 0 Å². The number of hydrogen-bond donors (Lipinski definition) is 1. The second-order valence-corrected chi connectivity index (χ2v) is 7.20. The van der Waals surface area contributed by atoms with Gasteiger partial charge in [0.2, 0.25) is 0 Å². The second-order valence-electron chi connectivity index (χ2n) is 6.32. The molecule has 4 rings (SSSR count). The molecular formula is C22H17FN4OS. The molecule has 0 aliphatic carbocycles. The second kappa shape index (κ2) is 8.20. The molecule has 4 aromatic rings. The quantitative estimate of drug-likeness (QED) is 0.463. The van der Waals surface area contributed by atoms with Gasteiger partial charge in [-0.25, -0.2) is 9.37 Å². The number of aromatic nitrogens is 2. The van der Waals surface area contributed by atoms with Gasteiger partial charge in [0.25, 0.3) is 5.91 Å². The topological polar surface area (TPSA) is 58.1 Å². The van der Waals surface area contributed by atoms with Crippen molar-refractivity contribution in [2.45, 2.75) is 6.92 Å². The Morgan fingerprint density at radius 3 is 2.62 bits per heavy atom. The molecule has 5 nitrogen and oxygen atoms in total. The molecule has 0 saturated carbocycles. The molecule has 2 aromatic heterocycles. The van der Waals surface area contributed by atoms with Crippen LogP contribution in [0.2, 0.25) is 0 Å². The van der Waals surface area contributed by atoms with Crippen LogP contribution in [0.4, 0.5) is 26.6 Å². The molecule has 0 aliphatic rings. The van der Waals surface area contributed by atoms with Gasteiger partial charge in [-0.2, -0.15) is 0 Å². The van der Waals surface area contributed by atoms with Crippen molar-refractivity contribution in [2.24, 2.45) is 0 Å². The van der Waals surface area contributed by atoms with E-state index in [1.807, 2.05) is 47.5 Å². The number of aryl methyl sites for hydroxylation is 1. The molecule has 7 heteroatoms. The van der Waals surface area contributed by atoms with E-state index in [2.05, 4.69) is 15.3 Å². The lowest BCUT2D eigenvalue weighted by atomic mass is 10.1. The Labute approximate surface area is 171 Å². The first-order valence-corrected chi connectivity index (χ1v) is 9.77. The fourth-order valence-corrected chi connectivity index (χ4v) is 3.57. The standard InChI is InChI=1S/C22H17FN4OS/c1-15-4-9-18(26-21(28)16-5-7-17(23)8-6-16)13-20(15)27(22-25-11-12-29-22)19-3-2-10-24-14-19/h2-14H,1H3,(H,26,28). The molecule has 0 bridgehead atoms. The van der Waals surface area contributed by atoms with Gasteiger partial charge in [0.15, 0.2) is 5.13 Å². The monoisotopic (exact) mass is 404 g/mol. The summed E-state index contributed by atoms with van der Waals surface area (Å²) in [5.41, 5.74) is 3.78. The molecular weight excluding hydrogens is 387 g/mol. The average Bonchev–Trinajstić information content (AvgIpc) is 3.26. The number of benzene rings is 2. The minimum atomic E-state index is -0.380. The van der Waals surface area contributed by atoms with Gasteiger partial charge in [0.1, 0.15) is 5.82 Å². The van der Waals surface area contributed by atoms with E-state index in [-0.39, 0.29) is 11.7 Å². The number of hydrogen-bond acceptors (Lipinski definition) is 5. The molecule has 2 aromatic carbocycles. The highest BCUT2D eigenvalue weighted by molar-refractivity contribution is 7.13. The van der Waals surface area contributed by atoms with Gasteiger partial charge >= 0.3 is 0 Å². The predicted octanol–water partition coefficient (Wildman–Crippen LogP) is 5.71. The average molecular weight is 404 g/mol. The summed E-state index contributed by atoms with van der Waals surface area (Å²) in [6.45, 7) is 2.00. The van der Waals surface area contributed by atoms with Gasteiger partial charge in [0.05, 0.1) is 17.6 Å². The van der Waals surface area contributed by atoms with E-state index in [0.29, 0.717) is 11.3 Å². The van der Waals surface area contributed by atoms with Gasteiger partial charge in [-0.05, 0) is 61.0 Å². The summed E-state index contributed by atoms with van der Waals surface area (Å²) in [7, 11) is 0. The lowest BCUT2D eigenvalue weighted by Gasteiger charge is -2.24. The van der Waals surface area contributed by atoms with Crippen LogP contribution in [0.15, 0.2) is 78.6 Å². The molecule has 0 aliphatic heterocycles. The van der Waals surface area contributed by atoms with Crippen LogP contribution in [0, 0.1) is 12.7 Å². The van der Waals surface area contributed by atoms with Crippen molar-refractivity contribution in [3.8, 4) is 0 Å². The number of rotatable bonds is 5. The van der Waals surface area contributed by atoms with E-state index in [9.17, 15) is 9.18 Å². The van der Waals surface area contributed by atoms with Crippen LogP contribution >= 0.6 is 11.3 Å². The normalized spacial score (nSPS) is 10.6. The number of thiazole rings is 1. The number of carbonyl (C=O) groups is 1. The smallest absolute Gasteiger partial charge is 0.255 e. The highest BCUT2D eigenvalue weighted by atomic mass is 32.1. The van der Waals surface area contributed by atoms with Crippen molar-refractivity contribution in [2.75, 3.05) is 10.2 Å². The third-order valence-electron chi connectivity index (χ3n) is 4.33. The zero-order chi connectivity index (χ0) is 20.2. The number of anilines is 4. The lowest BCUT2D eigenvalue weighted by Crippen LogP contribution is -2.14. The van der Waals surface area contributed by atoms with Crippen molar-refractivity contribution >= 4 is 39.4 Å². The molecule has 144 valence electrons. The van der Waals surface area contributed by atoms with Gasteiger partial charge in [-0.1, -0.05) is 6.07 Å². The Bertz CT molecular complexity index is 1120. The number of pyridine rings is 1. The maximum atomic E-state index is 13.1. The van der Waals surface area contributed by atoms with Gasteiger partial charge in [0, 0.05) is 29.0 Å². The van der Waals surface area contributed by atoms with Crippen LogP contribution in [-0.2, 0) is 0 Å². The fraction of sp³-hybridized carbons (Fsp3) is 0.0455. The molecule has 0 unspecified atom stereocenters. The number of amides is 1. The molecule has 0 saturated heterocycles. The Hall–Kier alpha value is -3.58. The SMILES string of the molecule is Cc1ccc(NC(=O)c2ccc(F)cc2)cc1N(c1cccnc1)c1nccs1. The number of halogens is 1. The van der Waals surface area contributed by atoms with Gasteiger partial charge < -0.3 is 5.32 Å². The first-order valence-electron chi connectivity index (χ1n) is 8.89. The fourth-order valence-electron chi connectivity index (χ4n) is 2.90. The third kappa shape index (κ3) is 4.14. The minimum absolute atomic E-state index is 0.304. The van der Waals surface area contributed by atoms with E-state index in [4.69, 9.17) is 0 Å².